The summed E-state index contributed by atoms with van der Waals surface area (Å²) < 4.78 is 21.5. The number of fused-ring (bicyclic) bond motifs is 1. The highest BCUT2D eigenvalue weighted by atomic mass is 32.2. The summed E-state index contributed by atoms with van der Waals surface area (Å²) in [4.78, 5) is 0.646. The fourth-order valence-corrected chi connectivity index (χ4v) is 8.53. The van der Waals surface area contributed by atoms with Crippen LogP contribution >= 0.6 is 0 Å². The number of hydrogen-bond donors (Lipinski definition) is 3. The molecule has 0 aliphatic heterocycles. The highest BCUT2D eigenvalue weighted by Crippen LogP contribution is 2.59. The number of aliphatic hydroxyl groups excluding tert-OH is 2. The van der Waals surface area contributed by atoms with Crippen molar-refractivity contribution in [1.29, 1.82) is 4.78 Å². The van der Waals surface area contributed by atoms with Crippen molar-refractivity contribution in [2.75, 3.05) is 5.75 Å². The van der Waals surface area contributed by atoms with Crippen LogP contribution in [0.3, 0.4) is 0 Å². The van der Waals surface area contributed by atoms with Crippen molar-refractivity contribution in [2.24, 2.45) is 23.2 Å². The molecule has 3 N–H and O–H groups in total. The lowest BCUT2D eigenvalue weighted by atomic mass is 9.61. The van der Waals surface area contributed by atoms with Gasteiger partial charge in [0, 0.05) is 17.1 Å². The summed E-state index contributed by atoms with van der Waals surface area (Å²) in [5.41, 5.74) is 3.45. The van der Waals surface area contributed by atoms with Crippen LogP contribution in [0.25, 0.3) is 0 Å². The third kappa shape index (κ3) is 5.12. The lowest BCUT2D eigenvalue weighted by molar-refractivity contribution is 0.0861. The van der Waals surface area contributed by atoms with Gasteiger partial charge in [0.25, 0.3) is 0 Å². The zero-order chi connectivity index (χ0) is 24.5. The molecule has 1 aromatic carbocycles. The summed E-state index contributed by atoms with van der Waals surface area (Å²) in [6, 6.07) is 9.27. The molecule has 0 unspecified atom stereocenters. The molecular weight excluding hydrogens is 442 g/mol. The van der Waals surface area contributed by atoms with Gasteiger partial charge in [0.05, 0.1) is 21.9 Å². The molecule has 0 heterocycles. The molecule has 7 atom stereocenters. The average molecular weight is 484 g/mol. The third-order valence-corrected chi connectivity index (χ3v) is 10.8. The lowest BCUT2D eigenvalue weighted by Crippen LogP contribution is -2.36. The second-order valence-corrected chi connectivity index (χ2v) is 13.4. The minimum atomic E-state index is -2.75. The molecule has 0 radical (unpaired) electrons. The van der Waals surface area contributed by atoms with Crippen molar-refractivity contribution in [3.8, 4) is 0 Å². The van der Waals surface area contributed by atoms with Gasteiger partial charge < -0.3 is 10.2 Å². The minimum absolute atomic E-state index is 0.236. The van der Waals surface area contributed by atoms with E-state index in [-0.39, 0.29) is 5.41 Å². The van der Waals surface area contributed by atoms with Gasteiger partial charge in [0.15, 0.2) is 0 Å². The second-order valence-electron chi connectivity index (χ2n) is 11.1. The van der Waals surface area contributed by atoms with Crippen molar-refractivity contribution < 1.29 is 14.4 Å². The highest BCUT2D eigenvalue weighted by molar-refractivity contribution is 7.92. The van der Waals surface area contributed by atoms with Crippen LogP contribution in [0.4, 0.5) is 0 Å². The summed E-state index contributed by atoms with van der Waals surface area (Å²) in [6.07, 6.45) is 10.8. The standard InChI is InChI=1S/C29H41NO3S/c1-20(15-17-34(30,33)25-9-5-4-6-10-25)26-13-14-27-22(8-7-16-29(26,27)3)11-12-23-18-24(31)19-28(32)21(23)2/h4-6,9-12,20,24,26-28,30-32H,2,7-8,13-19H2,1,3H3/b22-11+,23-12-/t20-,24-,26+,27+,28+,29-,34+/m1/s1. The van der Waals surface area contributed by atoms with Crippen LogP contribution in [-0.4, -0.2) is 32.4 Å². The van der Waals surface area contributed by atoms with Gasteiger partial charge in [-0.1, -0.05) is 56.4 Å². The maximum absolute atomic E-state index is 13.0. The normalized spacial score (nSPS) is 36.9. The number of allylic oxidation sites excluding steroid dienone is 3. The molecule has 5 heteroatoms. The zero-order valence-electron chi connectivity index (χ0n) is 20.7. The number of rotatable bonds is 6. The smallest absolute Gasteiger partial charge is 0.0811 e. The summed E-state index contributed by atoms with van der Waals surface area (Å²) >= 11 is 0. The first kappa shape index (κ1) is 25.4. The molecule has 186 valence electrons. The van der Waals surface area contributed by atoms with E-state index in [1.807, 2.05) is 30.3 Å². The number of benzene rings is 1. The molecule has 0 saturated heterocycles. The summed E-state index contributed by atoms with van der Waals surface area (Å²) in [6.45, 7) is 8.81. The Morgan fingerprint density at radius 3 is 2.71 bits per heavy atom. The molecule has 4 rings (SSSR count). The predicted molar refractivity (Wildman–Crippen MR) is 139 cm³/mol. The van der Waals surface area contributed by atoms with Crippen LogP contribution in [-0.2, 0) is 9.73 Å². The molecular formula is C29H41NO3S. The van der Waals surface area contributed by atoms with Gasteiger partial charge in [0.2, 0.25) is 0 Å². The second kappa shape index (κ2) is 10.1. The van der Waals surface area contributed by atoms with Crippen LogP contribution in [0.1, 0.15) is 65.2 Å². The monoisotopic (exact) mass is 483 g/mol. The van der Waals surface area contributed by atoms with Gasteiger partial charge in [-0.15, -0.1) is 0 Å². The lowest BCUT2D eigenvalue weighted by Gasteiger charge is -2.44. The van der Waals surface area contributed by atoms with E-state index in [2.05, 4.69) is 32.6 Å². The highest BCUT2D eigenvalue weighted by Gasteiger charge is 2.50. The van der Waals surface area contributed by atoms with Gasteiger partial charge in [0.1, 0.15) is 0 Å². The van der Waals surface area contributed by atoms with E-state index in [1.165, 1.54) is 31.3 Å². The Morgan fingerprint density at radius 1 is 1.24 bits per heavy atom. The van der Waals surface area contributed by atoms with Crippen molar-refractivity contribution in [2.45, 2.75) is 82.3 Å². The van der Waals surface area contributed by atoms with Crippen LogP contribution in [0, 0.1) is 27.9 Å². The Balaban J connectivity index is 1.46. The van der Waals surface area contributed by atoms with E-state index in [1.54, 1.807) is 0 Å². The Morgan fingerprint density at radius 2 is 1.97 bits per heavy atom. The predicted octanol–water partition coefficient (Wildman–Crippen LogP) is 6.26. The molecule has 3 saturated carbocycles. The SMILES string of the molecule is C=C1/C(=C\C=C2/CCC[C@@]3(C)[C@H]2CC[C@H]3[C@H](C)CC[S@](=N)(=O)c2ccccc2)C[C@@H](O)C[C@@H]1O. The fraction of sp³-hybridized carbons (Fsp3) is 0.586. The largest absolute Gasteiger partial charge is 0.393 e. The molecule has 0 amide bonds. The van der Waals surface area contributed by atoms with Gasteiger partial charge in [-0.3, -0.25) is 0 Å². The quantitative estimate of drug-likeness (QED) is 0.447. The van der Waals surface area contributed by atoms with E-state index in [0.29, 0.717) is 41.2 Å². The van der Waals surface area contributed by atoms with E-state index in [4.69, 9.17) is 4.78 Å². The Hall–Kier alpha value is -1.69. The molecule has 4 nitrogen and oxygen atoms in total. The molecule has 3 aliphatic carbocycles. The molecule has 1 aromatic rings. The first-order valence-corrected chi connectivity index (χ1v) is 14.6. The van der Waals surface area contributed by atoms with Crippen molar-refractivity contribution >= 4 is 9.73 Å². The number of nitrogens with one attached hydrogen (secondary N) is 1. The molecule has 0 spiro atoms. The van der Waals surface area contributed by atoms with Crippen LogP contribution in [0.2, 0.25) is 0 Å². The fourth-order valence-electron chi connectivity index (χ4n) is 6.99. The van der Waals surface area contributed by atoms with Crippen LogP contribution in [0.5, 0.6) is 0 Å². The maximum Gasteiger partial charge on any atom is 0.0811 e. The van der Waals surface area contributed by atoms with Gasteiger partial charge in [-0.2, -0.15) is 0 Å². The van der Waals surface area contributed by atoms with E-state index < -0.39 is 21.9 Å². The maximum atomic E-state index is 13.0. The first-order valence-electron chi connectivity index (χ1n) is 12.9. The van der Waals surface area contributed by atoms with E-state index >= 15 is 0 Å². The first-order chi connectivity index (χ1) is 16.1. The molecule has 3 fully saturated rings. The van der Waals surface area contributed by atoms with Crippen molar-refractivity contribution in [1.82, 2.24) is 0 Å². The average Bonchev–Trinajstić information content (AvgIpc) is 3.17. The van der Waals surface area contributed by atoms with Crippen molar-refractivity contribution in [3.63, 3.8) is 0 Å². The molecule has 0 aromatic heterocycles. The topological polar surface area (TPSA) is 81.4 Å². The van der Waals surface area contributed by atoms with E-state index in [0.717, 1.165) is 24.0 Å². The van der Waals surface area contributed by atoms with Crippen LogP contribution < -0.4 is 0 Å². The Labute approximate surface area is 205 Å². The summed E-state index contributed by atoms with van der Waals surface area (Å²) in [5, 5.41) is 20.2. The third-order valence-electron chi connectivity index (χ3n) is 8.97. The molecule has 3 aliphatic rings. The Bertz CT molecular complexity index is 1060. The minimum Gasteiger partial charge on any atom is -0.393 e. The molecule has 0 bridgehead atoms. The number of hydrogen-bond acceptors (Lipinski definition) is 4. The van der Waals surface area contributed by atoms with Crippen molar-refractivity contribution in [3.05, 3.63) is 65.8 Å². The Kier molecular flexibility index (Phi) is 7.56. The summed E-state index contributed by atoms with van der Waals surface area (Å²) in [5.74, 6) is 1.99. The van der Waals surface area contributed by atoms with Gasteiger partial charge in [-0.05, 0) is 91.4 Å². The van der Waals surface area contributed by atoms with Gasteiger partial charge in [-0.25, -0.2) is 8.99 Å². The van der Waals surface area contributed by atoms with Crippen LogP contribution in [0.15, 0.2) is 70.7 Å². The molecule has 34 heavy (non-hydrogen) atoms. The van der Waals surface area contributed by atoms with Gasteiger partial charge >= 0.3 is 0 Å². The summed E-state index contributed by atoms with van der Waals surface area (Å²) in [7, 11) is -2.75. The number of aliphatic hydroxyl groups is 2. The van der Waals surface area contributed by atoms with E-state index in [9.17, 15) is 14.4 Å². The zero-order valence-corrected chi connectivity index (χ0v) is 21.5.